The summed E-state index contributed by atoms with van der Waals surface area (Å²) >= 11 is 0. The van der Waals surface area contributed by atoms with E-state index in [1.165, 1.54) is 6.92 Å². The molecule has 3 rings (SSSR count). The number of benzene rings is 1. The van der Waals surface area contributed by atoms with Crippen molar-refractivity contribution in [3.63, 3.8) is 0 Å². The van der Waals surface area contributed by atoms with E-state index < -0.39 is 0 Å². The number of carbonyl (C=O) groups excluding carboxylic acids is 1. The predicted molar refractivity (Wildman–Crippen MR) is 81.9 cm³/mol. The van der Waals surface area contributed by atoms with E-state index in [9.17, 15) is 4.79 Å². The van der Waals surface area contributed by atoms with Gasteiger partial charge in [-0.05, 0) is 37.1 Å². The van der Waals surface area contributed by atoms with Gasteiger partial charge in [0.15, 0.2) is 11.5 Å². The quantitative estimate of drug-likeness (QED) is 0.855. The summed E-state index contributed by atoms with van der Waals surface area (Å²) in [7, 11) is 0. The fourth-order valence-corrected chi connectivity index (χ4v) is 2.73. The molecule has 0 unspecified atom stereocenters. The van der Waals surface area contributed by atoms with Crippen LogP contribution in [0, 0.1) is 0 Å². The lowest BCUT2D eigenvalue weighted by Crippen LogP contribution is -2.49. The average molecular weight is 287 g/mol. The Morgan fingerprint density at radius 1 is 1.33 bits per heavy atom. The van der Waals surface area contributed by atoms with Crippen LogP contribution in [0.3, 0.4) is 0 Å². The molecule has 0 bridgehead atoms. The standard InChI is InChI=1S/C17H21NO3/c1-10(2)18-13-8-15(9-13)20-14-4-5-16-12(6-14)7-17(21-16)11(3)19/h4-7,10,13,15,18H,8-9H2,1-3H3/t13-,15-. The SMILES string of the molecule is CC(=O)c1cc2cc(O[C@H]3C[C@H](NC(C)C)C3)ccc2o1. The van der Waals surface area contributed by atoms with Gasteiger partial charge in [0, 0.05) is 24.4 Å². The third-order valence-corrected chi connectivity index (χ3v) is 3.80. The number of nitrogens with one attached hydrogen (secondary N) is 1. The average Bonchev–Trinajstić information content (AvgIpc) is 2.79. The minimum Gasteiger partial charge on any atom is -0.490 e. The van der Waals surface area contributed by atoms with Gasteiger partial charge >= 0.3 is 0 Å². The van der Waals surface area contributed by atoms with Gasteiger partial charge in [0.25, 0.3) is 0 Å². The van der Waals surface area contributed by atoms with E-state index in [2.05, 4.69) is 19.2 Å². The Bertz CT molecular complexity index is 653. The molecule has 1 heterocycles. The van der Waals surface area contributed by atoms with Crippen molar-refractivity contribution in [1.29, 1.82) is 0 Å². The summed E-state index contributed by atoms with van der Waals surface area (Å²) in [5.74, 6) is 1.17. The largest absolute Gasteiger partial charge is 0.490 e. The van der Waals surface area contributed by atoms with E-state index in [-0.39, 0.29) is 11.9 Å². The zero-order valence-electron chi connectivity index (χ0n) is 12.7. The van der Waals surface area contributed by atoms with Gasteiger partial charge in [0.1, 0.15) is 17.4 Å². The van der Waals surface area contributed by atoms with Crippen molar-refractivity contribution < 1.29 is 13.9 Å². The van der Waals surface area contributed by atoms with E-state index >= 15 is 0 Å². The van der Waals surface area contributed by atoms with Gasteiger partial charge in [-0.25, -0.2) is 0 Å². The van der Waals surface area contributed by atoms with Crippen molar-refractivity contribution in [3.05, 3.63) is 30.0 Å². The molecule has 0 amide bonds. The number of rotatable bonds is 5. The molecule has 1 saturated carbocycles. The van der Waals surface area contributed by atoms with E-state index in [0.717, 1.165) is 29.6 Å². The Morgan fingerprint density at radius 2 is 2.10 bits per heavy atom. The molecule has 0 spiro atoms. The van der Waals surface area contributed by atoms with Crippen LogP contribution in [0.15, 0.2) is 28.7 Å². The Labute approximate surface area is 124 Å². The molecule has 1 fully saturated rings. The van der Waals surface area contributed by atoms with Crippen LogP contribution in [0.1, 0.15) is 44.2 Å². The van der Waals surface area contributed by atoms with Crippen LogP contribution in [-0.2, 0) is 0 Å². The van der Waals surface area contributed by atoms with Crippen molar-refractivity contribution in [1.82, 2.24) is 5.32 Å². The second-order valence-corrected chi connectivity index (χ2v) is 6.10. The molecule has 1 aliphatic carbocycles. The van der Waals surface area contributed by atoms with Gasteiger partial charge in [-0.1, -0.05) is 13.8 Å². The van der Waals surface area contributed by atoms with Crippen molar-refractivity contribution in [2.75, 3.05) is 0 Å². The van der Waals surface area contributed by atoms with E-state index in [0.29, 0.717) is 17.8 Å². The predicted octanol–water partition coefficient (Wildman–Crippen LogP) is 3.54. The van der Waals surface area contributed by atoms with Gasteiger partial charge in [-0.3, -0.25) is 4.79 Å². The van der Waals surface area contributed by atoms with Crippen LogP contribution < -0.4 is 10.1 Å². The van der Waals surface area contributed by atoms with Crippen molar-refractivity contribution >= 4 is 16.8 Å². The fraction of sp³-hybridized carbons (Fsp3) is 0.471. The van der Waals surface area contributed by atoms with E-state index in [1.54, 1.807) is 6.07 Å². The van der Waals surface area contributed by atoms with Crippen molar-refractivity contribution in [2.45, 2.75) is 51.8 Å². The van der Waals surface area contributed by atoms with Crippen LogP contribution in [0.4, 0.5) is 0 Å². The molecule has 1 aromatic heterocycles. The highest BCUT2D eigenvalue weighted by atomic mass is 16.5. The number of hydrogen-bond donors (Lipinski definition) is 1. The maximum atomic E-state index is 11.3. The lowest BCUT2D eigenvalue weighted by Gasteiger charge is -2.37. The first-order valence-electron chi connectivity index (χ1n) is 7.48. The third kappa shape index (κ3) is 3.10. The van der Waals surface area contributed by atoms with Gasteiger partial charge < -0.3 is 14.5 Å². The molecular formula is C17H21NO3. The minimum atomic E-state index is -0.0599. The van der Waals surface area contributed by atoms with Crippen LogP contribution in [0.25, 0.3) is 11.0 Å². The Kier molecular flexibility index (Phi) is 3.72. The second kappa shape index (κ2) is 5.53. The number of carbonyl (C=O) groups is 1. The molecule has 21 heavy (non-hydrogen) atoms. The lowest BCUT2D eigenvalue weighted by atomic mass is 9.88. The molecule has 4 nitrogen and oxygen atoms in total. The molecule has 0 saturated heterocycles. The van der Waals surface area contributed by atoms with Gasteiger partial charge in [0.05, 0.1) is 0 Å². The zero-order chi connectivity index (χ0) is 15.0. The van der Waals surface area contributed by atoms with E-state index in [4.69, 9.17) is 9.15 Å². The Balaban J connectivity index is 1.64. The summed E-state index contributed by atoms with van der Waals surface area (Å²) in [4.78, 5) is 11.3. The highest BCUT2D eigenvalue weighted by Crippen LogP contribution is 2.29. The van der Waals surface area contributed by atoms with Gasteiger partial charge in [0.2, 0.25) is 0 Å². The number of ether oxygens (including phenoxy) is 1. The Hall–Kier alpha value is -1.81. The van der Waals surface area contributed by atoms with Crippen LogP contribution in [-0.4, -0.2) is 24.0 Å². The smallest absolute Gasteiger partial charge is 0.194 e. The highest BCUT2D eigenvalue weighted by molar-refractivity contribution is 5.96. The first-order valence-corrected chi connectivity index (χ1v) is 7.48. The summed E-state index contributed by atoms with van der Waals surface area (Å²) in [6.45, 7) is 5.83. The summed E-state index contributed by atoms with van der Waals surface area (Å²) < 4.78 is 11.4. The fourth-order valence-electron chi connectivity index (χ4n) is 2.73. The second-order valence-electron chi connectivity index (χ2n) is 6.10. The zero-order valence-corrected chi connectivity index (χ0v) is 12.7. The summed E-state index contributed by atoms with van der Waals surface area (Å²) in [5, 5.41) is 4.42. The minimum absolute atomic E-state index is 0.0599. The molecule has 0 radical (unpaired) electrons. The lowest BCUT2D eigenvalue weighted by molar-refractivity contribution is 0.0816. The van der Waals surface area contributed by atoms with Crippen LogP contribution in [0.2, 0.25) is 0 Å². The number of hydrogen-bond acceptors (Lipinski definition) is 4. The molecule has 112 valence electrons. The normalized spacial score (nSPS) is 21.5. The number of furan rings is 1. The van der Waals surface area contributed by atoms with E-state index in [1.807, 2.05) is 18.2 Å². The first kappa shape index (κ1) is 14.1. The molecule has 2 aromatic rings. The first-order chi connectivity index (χ1) is 10.0. The number of fused-ring (bicyclic) bond motifs is 1. The van der Waals surface area contributed by atoms with Crippen LogP contribution >= 0.6 is 0 Å². The molecule has 0 aliphatic heterocycles. The van der Waals surface area contributed by atoms with Crippen LogP contribution in [0.5, 0.6) is 5.75 Å². The molecule has 1 aliphatic rings. The topological polar surface area (TPSA) is 51.5 Å². The summed E-state index contributed by atoms with van der Waals surface area (Å²) in [6.07, 6.45) is 2.36. The highest BCUT2D eigenvalue weighted by Gasteiger charge is 2.31. The molecular weight excluding hydrogens is 266 g/mol. The molecule has 1 aromatic carbocycles. The molecule has 0 atom stereocenters. The van der Waals surface area contributed by atoms with Gasteiger partial charge in [-0.2, -0.15) is 0 Å². The molecule has 4 heteroatoms. The Morgan fingerprint density at radius 3 is 2.76 bits per heavy atom. The monoisotopic (exact) mass is 287 g/mol. The summed E-state index contributed by atoms with van der Waals surface area (Å²) in [6, 6.07) is 8.56. The maximum Gasteiger partial charge on any atom is 0.194 e. The number of ketones is 1. The number of Topliss-reactive ketones (excluding diaryl/α,β-unsaturated/α-hetero) is 1. The van der Waals surface area contributed by atoms with Crippen molar-refractivity contribution in [3.8, 4) is 5.75 Å². The summed E-state index contributed by atoms with van der Waals surface area (Å²) in [5.41, 5.74) is 0.723. The molecule has 1 N–H and O–H groups in total. The third-order valence-electron chi connectivity index (χ3n) is 3.80. The van der Waals surface area contributed by atoms with Gasteiger partial charge in [-0.15, -0.1) is 0 Å². The maximum absolute atomic E-state index is 11.3. The van der Waals surface area contributed by atoms with Crippen molar-refractivity contribution in [2.24, 2.45) is 0 Å².